The number of rotatable bonds is 21. The van der Waals surface area contributed by atoms with E-state index in [1.165, 1.54) is 0 Å². The van der Waals surface area contributed by atoms with Crippen LogP contribution in [0.1, 0.15) is 67.2 Å². The van der Waals surface area contributed by atoms with Crippen LogP contribution >= 0.6 is 34.8 Å². The zero-order valence-corrected chi connectivity index (χ0v) is 70.0. The van der Waals surface area contributed by atoms with Gasteiger partial charge in [-0.05, 0) is 94.2 Å². The summed E-state index contributed by atoms with van der Waals surface area (Å²) in [5, 5.41) is 57.4. The first-order chi connectivity index (χ1) is 56.8. The second-order valence-corrected chi connectivity index (χ2v) is 28.3. The zero-order valence-electron chi connectivity index (χ0n) is 67.7. The lowest BCUT2D eigenvalue weighted by atomic mass is 9.67. The molecule has 5 saturated heterocycles. The molecule has 2 unspecified atom stereocenters. The Kier molecular flexibility index (Phi) is 37.2. The summed E-state index contributed by atoms with van der Waals surface area (Å²) in [6.45, 7) is 24.2. The van der Waals surface area contributed by atoms with Crippen molar-refractivity contribution in [2.45, 2.75) is 84.5 Å². The lowest BCUT2D eigenvalue weighted by molar-refractivity contribution is -0.137. The number of amides is 1. The van der Waals surface area contributed by atoms with Crippen LogP contribution < -0.4 is 52.0 Å². The van der Waals surface area contributed by atoms with Gasteiger partial charge < -0.3 is 101 Å². The molecular weight excluding hydrogens is 1590 g/mol. The summed E-state index contributed by atoms with van der Waals surface area (Å²) in [6, 6.07) is 11.9. The molecule has 2 aromatic carbocycles. The maximum atomic E-state index is 11.9. The minimum Gasteiger partial charge on any atom is -0.481 e. The Bertz CT molecular complexity index is 4570. The predicted octanol–water partition coefficient (Wildman–Crippen LogP) is 5.51. The number of halogens is 3. The van der Waals surface area contributed by atoms with Gasteiger partial charge in [0, 0.05) is 133 Å². The summed E-state index contributed by atoms with van der Waals surface area (Å²) >= 11 is 17.2. The van der Waals surface area contributed by atoms with Crippen LogP contribution in [-0.2, 0) is 47.4 Å². The van der Waals surface area contributed by atoms with Crippen molar-refractivity contribution in [3.8, 4) is 22.8 Å². The van der Waals surface area contributed by atoms with Gasteiger partial charge in [-0.1, -0.05) is 56.3 Å². The van der Waals surface area contributed by atoms with Crippen LogP contribution in [0.4, 0.5) is 41.6 Å². The van der Waals surface area contributed by atoms with Gasteiger partial charge in [-0.25, -0.2) is 0 Å². The third kappa shape index (κ3) is 28.4. The Labute approximate surface area is 698 Å². The van der Waals surface area contributed by atoms with Crippen molar-refractivity contribution in [3.63, 3.8) is 0 Å². The molecule has 7 aliphatic rings. The molecule has 6 aliphatic heterocycles. The van der Waals surface area contributed by atoms with Crippen LogP contribution in [0.3, 0.4) is 0 Å². The second kappa shape index (κ2) is 47.2. The van der Waals surface area contributed by atoms with Crippen molar-refractivity contribution in [1.82, 2.24) is 95.8 Å². The topological polar surface area (TPSA) is 511 Å². The fraction of sp³-hybridized carbons (Fsp3) is 0.521. The van der Waals surface area contributed by atoms with Crippen LogP contribution in [0, 0.1) is 5.92 Å². The number of fused-ring (bicyclic) bond motifs is 3. The normalized spacial score (nSPS) is 17.3. The predicted molar refractivity (Wildman–Crippen MR) is 450 cm³/mol. The van der Waals surface area contributed by atoms with E-state index in [9.17, 15) is 19.2 Å². The third-order valence-electron chi connectivity index (χ3n) is 18.1. The van der Waals surface area contributed by atoms with E-state index in [-0.39, 0.29) is 96.9 Å². The van der Waals surface area contributed by atoms with E-state index in [1.807, 2.05) is 91.3 Å². The number of carboxylic acid groups (broad SMARTS) is 3. The largest absolute Gasteiger partial charge is 0.491 e. The van der Waals surface area contributed by atoms with Gasteiger partial charge in [0.05, 0.1) is 113 Å². The highest BCUT2D eigenvalue weighted by atomic mass is 35.5. The second-order valence-electron chi connectivity index (χ2n) is 27.3. The van der Waals surface area contributed by atoms with Gasteiger partial charge in [0.2, 0.25) is 63.4 Å². The van der Waals surface area contributed by atoms with Crippen molar-refractivity contribution < 1.29 is 62.8 Å². The molecule has 0 saturated carbocycles. The third-order valence-corrected chi connectivity index (χ3v) is 18.6. The Morgan fingerprint density at radius 3 is 1.30 bits per heavy atom. The smallest absolute Gasteiger partial charge is 0.481 e. The van der Waals surface area contributed by atoms with E-state index in [0.29, 0.717) is 139 Å². The van der Waals surface area contributed by atoms with Crippen molar-refractivity contribution in [1.29, 1.82) is 0 Å². The molecule has 0 spiro atoms. The van der Waals surface area contributed by atoms with Gasteiger partial charge in [-0.15, -0.1) is 0 Å². The Morgan fingerprint density at radius 2 is 0.915 bits per heavy atom. The molecule has 15 rings (SSSR count). The maximum absolute atomic E-state index is 11.9. The fourth-order valence-electron chi connectivity index (χ4n) is 11.5. The number of ether oxygens (including phenoxy) is 4. The first-order valence-corrected chi connectivity index (χ1v) is 39.5. The van der Waals surface area contributed by atoms with E-state index in [4.69, 9.17) is 89.1 Å². The SMILES string of the molecule is CC.CC1(C)OB(C2=CC=CC3NN=CC23)OC1(C)C.CN(C)C(=O)CCNc1nc(-c2cccc3[nH]ncc23)nc(N2CCOCC2)n1.CNC.Clc1nc(Cl)nc(N2CCOCC2)n1.NCCC(=O)O.O=C(O)CCNc1nc(-c2cccc3[nH]ncc23)nc(N2CCOCC2)n1.O=C(O)CCNc1nc(Cl)nc(N2CCOCC2)n1. The van der Waals surface area contributed by atoms with Crippen LogP contribution in [0.5, 0.6) is 0 Å². The molecule has 638 valence electrons. The van der Waals surface area contributed by atoms with Crippen molar-refractivity contribution >= 4 is 135 Å². The minimum atomic E-state index is -0.888. The van der Waals surface area contributed by atoms with E-state index in [0.717, 1.165) is 64.6 Å². The first kappa shape index (κ1) is 93.0. The molecule has 0 bridgehead atoms. The number of carbonyl (C=O) groups excluding carboxylic acids is 1. The zero-order chi connectivity index (χ0) is 85.2. The molecule has 1 aliphatic carbocycles. The van der Waals surface area contributed by atoms with Crippen LogP contribution in [-0.4, -0.2) is 314 Å². The highest BCUT2D eigenvalue weighted by molar-refractivity contribution is 6.55. The van der Waals surface area contributed by atoms with Gasteiger partial charge in [0.1, 0.15) is 0 Å². The fourth-order valence-corrected chi connectivity index (χ4v) is 12.0. The molecule has 12 N–H and O–H groups in total. The van der Waals surface area contributed by atoms with E-state index in [2.05, 4.69) is 152 Å². The quantitative estimate of drug-likeness (QED) is 0.0395. The minimum absolute atomic E-state index is 0.0177. The summed E-state index contributed by atoms with van der Waals surface area (Å²) in [6.07, 6.45) is 12.1. The molecule has 5 fully saturated rings. The molecule has 8 aromatic rings. The number of H-pyrrole nitrogens is 2. The molecule has 6 aromatic heterocycles. The van der Waals surface area contributed by atoms with Gasteiger partial charge in [-0.3, -0.25) is 29.4 Å². The molecule has 45 heteroatoms. The maximum Gasteiger partial charge on any atom is 0.491 e. The van der Waals surface area contributed by atoms with Crippen molar-refractivity contribution in [2.75, 3.05) is 195 Å². The standard InChI is InChI=1S/C19H24N8O2.C17H19N7O3.C13H19BN2O2.C10H14ClN5O3.C7H8Cl2N4O.C3H7NO2.C2H7N.C2H6/c1-26(2)16(28)6-7-20-18-22-17(13-4-3-5-15-14(13)12-21-25-15)23-19(24-18)27-8-10-29-11-9-27;25-14(26)4-5-18-16-20-15(11-2-1-3-13-12(11)10-19-23-13)21-17(22-16)24-6-8-27-9-7-24;1-12(2)13(3,4)18-14(17-12)10-6-5-7-11-9(10)8-15-16-11;11-8-13-9(12-2-1-7(17)18)15-10(14-8)16-3-5-19-6-4-16;8-5-10-6(9)12-7(11-5)13-1-3-14-4-2-13;4-2-1-3(5)6;1-3-2;1-2/h3-5,12H,6-11H2,1-2H3,(H,21,25)(H,20,22,23,24);1-3,10H,4-9H2,(H,19,23)(H,25,26)(H,18,20,21,22);5-9,11,16H,1-4H3;1-6H2,(H,17,18)(H,12,13,14,15);1-4H2;1-2,4H2,(H,5,6);3H,1-2H3;1-2H3. The van der Waals surface area contributed by atoms with E-state index < -0.39 is 17.9 Å². The van der Waals surface area contributed by atoms with Crippen molar-refractivity contribution in [3.05, 3.63) is 88.3 Å². The van der Waals surface area contributed by atoms with Crippen molar-refractivity contribution in [2.24, 2.45) is 16.8 Å². The highest BCUT2D eigenvalue weighted by Gasteiger charge is 2.54. The number of hydrogen-bond acceptors (Lipinski definition) is 35. The molecule has 41 nitrogen and oxygen atoms in total. The van der Waals surface area contributed by atoms with Crippen LogP contribution in [0.2, 0.25) is 15.9 Å². The Balaban J connectivity index is 0.000000181. The molecular formula is C73H104BCl3N28O13. The lowest BCUT2D eigenvalue weighted by Crippen LogP contribution is -2.41. The molecule has 1 amide bonds. The first-order valence-electron chi connectivity index (χ1n) is 38.4. The number of aromatic amines is 2. The average Bonchev–Trinajstić information content (AvgIpc) is 1.61. The summed E-state index contributed by atoms with van der Waals surface area (Å²) in [5.41, 5.74) is 12.0. The number of hydrogen-bond donors (Lipinski definition) is 11. The number of anilines is 7. The number of carbonyl (C=O) groups is 4. The van der Waals surface area contributed by atoms with E-state index >= 15 is 0 Å². The van der Waals surface area contributed by atoms with E-state index in [1.54, 1.807) is 31.4 Å². The van der Waals surface area contributed by atoms with Crippen LogP contribution in [0.15, 0.2) is 77.6 Å². The van der Waals surface area contributed by atoms with Gasteiger partial charge in [0.15, 0.2) is 11.6 Å². The number of nitrogens with two attached hydrogens (primary N) is 1. The highest BCUT2D eigenvalue weighted by Crippen LogP contribution is 2.41. The summed E-state index contributed by atoms with van der Waals surface area (Å²) < 4.78 is 33.5. The Hall–Kier alpha value is -10.5. The number of allylic oxidation sites excluding steroid dienone is 2. The Morgan fingerprint density at radius 1 is 0.542 bits per heavy atom. The number of nitrogens with zero attached hydrogens (tertiary/aromatic N) is 20. The average molecular weight is 1700 g/mol. The van der Waals surface area contributed by atoms with Gasteiger partial charge in [0.25, 0.3) is 0 Å². The van der Waals surface area contributed by atoms with Gasteiger partial charge >= 0.3 is 25.0 Å². The number of aromatic nitrogens is 16. The number of hydrazone groups is 1. The number of carboxylic acids is 3. The summed E-state index contributed by atoms with van der Waals surface area (Å²) in [4.78, 5) is 104. The molecule has 118 heavy (non-hydrogen) atoms. The van der Waals surface area contributed by atoms with Crippen LogP contribution in [0.25, 0.3) is 44.6 Å². The monoisotopic (exact) mass is 1700 g/mol. The summed E-state index contributed by atoms with van der Waals surface area (Å²) in [5.74, 6) is 1.96. The summed E-state index contributed by atoms with van der Waals surface area (Å²) in [7, 11) is 6.95. The lowest BCUT2D eigenvalue weighted by Gasteiger charge is -2.32. The molecule has 2 atom stereocenters. The molecule has 0 radical (unpaired) electrons. The number of nitrogens with one attached hydrogen (secondary N) is 7. The molecule has 12 heterocycles. The number of morpholine rings is 4. The van der Waals surface area contributed by atoms with Gasteiger partial charge in [-0.2, -0.15) is 75.1 Å². The number of benzene rings is 2. The number of aliphatic carboxylic acids is 3.